The van der Waals surface area contributed by atoms with Crippen molar-refractivity contribution in [1.29, 1.82) is 0 Å². The summed E-state index contributed by atoms with van der Waals surface area (Å²) in [6.07, 6.45) is 11.2. The number of nitrogen functional groups attached to an aromatic ring is 1. The number of nitrogens with one attached hydrogen (secondary N) is 1. The molecule has 0 radical (unpaired) electrons. The van der Waals surface area contributed by atoms with Crippen molar-refractivity contribution in [2.45, 2.75) is 70.3 Å². The number of aromatic nitrogens is 1. The first-order valence-corrected chi connectivity index (χ1v) is 13.6. The fraction of sp³-hybridized carbons (Fsp3) is 0.731. The third-order valence-corrected chi connectivity index (χ3v) is 8.28. The Bertz CT molecular complexity index is 874. The molecule has 1 aromatic rings. The van der Waals surface area contributed by atoms with Crippen LogP contribution in [-0.2, 0) is 4.79 Å². The molecule has 3 heterocycles. The maximum absolute atomic E-state index is 13.0. The highest BCUT2D eigenvalue weighted by Crippen LogP contribution is 2.28. The van der Waals surface area contributed by atoms with E-state index >= 15 is 0 Å². The number of pyridine rings is 1. The van der Waals surface area contributed by atoms with Crippen LogP contribution in [-0.4, -0.2) is 72.5 Å². The van der Waals surface area contributed by atoms with Gasteiger partial charge in [-0.2, -0.15) is 4.98 Å². The molecule has 1 aromatic heterocycles. The fourth-order valence-electron chi connectivity index (χ4n) is 5.81. The van der Waals surface area contributed by atoms with Gasteiger partial charge < -0.3 is 25.6 Å². The van der Waals surface area contributed by atoms with Gasteiger partial charge in [0.15, 0.2) is 0 Å². The van der Waals surface area contributed by atoms with Gasteiger partial charge in [0.1, 0.15) is 11.4 Å². The first-order chi connectivity index (χ1) is 16.9. The highest BCUT2D eigenvalue weighted by atomic mass is 35.5. The molecule has 3 aliphatic rings. The largest absolute Gasteiger partial charge is 0.480 e. The van der Waals surface area contributed by atoms with Crippen LogP contribution in [0.25, 0.3) is 0 Å². The molecule has 1 aliphatic carbocycles. The van der Waals surface area contributed by atoms with Crippen molar-refractivity contribution in [3.8, 4) is 5.88 Å². The predicted octanol–water partition coefficient (Wildman–Crippen LogP) is 3.73. The zero-order valence-electron chi connectivity index (χ0n) is 20.9. The number of carbonyl (C=O) groups is 2. The van der Waals surface area contributed by atoms with Crippen LogP contribution in [0, 0.1) is 11.8 Å². The van der Waals surface area contributed by atoms with Gasteiger partial charge >= 0.3 is 0 Å². The minimum absolute atomic E-state index is 0.110. The van der Waals surface area contributed by atoms with Crippen molar-refractivity contribution in [2.75, 3.05) is 45.6 Å². The molecule has 2 amide bonds. The lowest BCUT2D eigenvalue weighted by Crippen LogP contribution is -2.47. The number of amides is 2. The van der Waals surface area contributed by atoms with Crippen LogP contribution in [0.4, 0.5) is 5.82 Å². The number of ether oxygens (including phenoxy) is 1. The van der Waals surface area contributed by atoms with E-state index in [0.29, 0.717) is 17.4 Å². The molecule has 194 valence electrons. The number of carbonyl (C=O) groups excluding carboxylic acids is 2. The summed E-state index contributed by atoms with van der Waals surface area (Å²) in [5.74, 6) is 1.42. The zero-order valence-corrected chi connectivity index (χ0v) is 21.7. The fourth-order valence-corrected chi connectivity index (χ4v) is 5.96. The van der Waals surface area contributed by atoms with E-state index in [1.54, 1.807) is 0 Å². The monoisotopic (exact) mass is 505 g/mol. The number of nitrogens with two attached hydrogens (primary N) is 1. The molecule has 9 heteroatoms. The highest BCUT2D eigenvalue weighted by Gasteiger charge is 2.30. The van der Waals surface area contributed by atoms with Gasteiger partial charge in [-0.05, 0) is 50.5 Å². The Hall–Kier alpha value is -2.06. The lowest BCUT2D eigenvalue weighted by molar-refractivity contribution is -0.137. The third kappa shape index (κ3) is 6.79. The topological polar surface area (TPSA) is 101 Å². The number of likely N-dealkylation sites (tertiary alicyclic amines) is 2. The Kier molecular flexibility index (Phi) is 9.11. The SMILES string of the molecule is COc1nc(N)c(Cl)cc1C(=O)NC1CCN(CC2CCN(C(=O)C3CCCCCC3)CC2)CC1. The number of halogens is 1. The summed E-state index contributed by atoms with van der Waals surface area (Å²) < 4.78 is 5.21. The third-order valence-electron chi connectivity index (χ3n) is 7.98. The van der Waals surface area contributed by atoms with E-state index in [1.165, 1.54) is 38.9 Å². The molecule has 2 aliphatic heterocycles. The smallest absolute Gasteiger partial charge is 0.257 e. The number of rotatable bonds is 6. The maximum Gasteiger partial charge on any atom is 0.257 e. The van der Waals surface area contributed by atoms with E-state index in [2.05, 4.69) is 20.1 Å². The van der Waals surface area contributed by atoms with E-state index in [9.17, 15) is 9.59 Å². The summed E-state index contributed by atoms with van der Waals surface area (Å²) >= 11 is 6.06. The van der Waals surface area contributed by atoms with Crippen LogP contribution in [0.3, 0.4) is 0 Å². The molecule has 35 heavy (non-hydrogen) atoms. The molecule has 0 spiro atoms. The molecule has 4 rings (SSSR count). The number of hydrogen-bond acceptors (Lipinski definition) is 6. The van der Waals surface area contributed by atoms with Gasteiger partial charge in [0.25, 0.3) is 5.91 Å². The molecule has 0 atom stereocenters. The van der Waals surface area contributed by atoms with Crippen molar-refractivity contribution < 1.29 is 14.3 Å². The number of hydrogen-bond donors (Lipinski definition) is 2. The van der Waals surface area contributed by atoms with Crippen LogP contribution in [0.1, 0.15) is 74.6 Å². The molecular weight excluding hydrogens is 466 g/mol. The Morgan fingerprint density at radius 1 is 1.06 bits per heavy atom. The van der Waals surface area contributed by atoms with Crippen molar-refractivity contribution in [2.24, 2.45) is 11.8 Å². The van der Waals surface area contributed by atoms with Crippen molar-refractivity contribution in [1.82, 2.24) is 20.1 Å². The van der Waals surface area contributed by atoms with Gasteiger partial charge in [-0.25, -0.2) is 0 Å². The number of methoxy groups -OCH3 is 1. The van der Waals surface area contributed by atoms with E-state index in [1.807, 2.05) is 0 Å². The summed E-state index contributed by atoms with van der Waals surface area (Å²) in [4.78, 5) is 34.5. The molecular formula is C26H40ClN5O3. The van der Waals surface area contributed by atoms with Gasteiger partial charge in [-0.1, -0.05) is 37.3 Å². The minimum atomic E-state index is -0.236. The predicted molar refractivity (Wildman–Crippen MR) is 138 cm³/mol. The lowest BCUT2D eigenvalue weighted by Gasteiger charge is -2.38. The second-order valence-corrected chi connectivity index (χ2v) is 10.8. The first-order valence-electron chi connectivity index (χ1n) is 13.3. The maximum atomic E-state index is 13.0. The zero-order chi connectivity index (χ0) is 24.8. The second kappa shape index (κ2) is 12.3. The lowest BCUT2D eigenvalue weighted by atomic mass is 9.92. The van der Waals surface area contributed by atoms with Crippen LogP contribution < -0.4 is 15.8 Å². The summed E-state index contributed by atoms with van der Waals surface area (Å²) in [6.45, 7) is 4.82. The summed E-state index contributed by atoms with van der Waals surface area (Å²) in [5.41, 5.74) is 6.03. The molecule has 2 saturated heterocycles. The molecule has 3 N–H and O–H groups in total. The molecule has 0 aromatic carbocycles. The van der Waals surface area contributed by atoms with E-state index < -0.39 is 0 Å². The second-order valence-electron chi connectivity index (χ2n) is 10.4. The van der Waals surface area contributed by atoms with Gasteiger partial charge in [0.2, 0.25) is 11.8 Å². The summed E-state index contributed by atoms with van der Waals surface area (Å²) in [5, 5.41) is 3.35. The molecule has 1 saturated carbocycles. The average molecular weight is 506 g/mol. The van der Waals surface area contributed by atoms with Gasteiger partial charge in [0.05, 0.1) is 12.1 Å². The Labute approximate surface area is 213 Å². The van der Waals surface area contributed by atoms with E-state index in [-0.39, 0.29) is 34.6 Å². The van der Waals surface area contributed by atoms with Crippen LogP contribution in [0.5, 0.6) is 5.88 Å². The number of piperidine rings is 2. The van der Waals surface area contributed by atoms with E-state index in [0.717, 1.165) is 71.2 Å². The quantitative estimate of drug-likeness (QED) is 0.571. The molecule has 8 nitrogen and oxygen atoms in total. The molecule has 0 unspecified atom stereocenters. The van der Waals surface area contributed by atoms with E-state index in [4.69, 9.17) is 22.1 Å². The van der Waals surface area contributed by atoms with Crippen molar-refractivity contribution in [3.63, 3.8) is 0 Å². The van der Waals surface area contributed by atoms with Gasteiger partial charge in [-0.15, -0.1) is 0 Å². The van der Waals surface area contributed by atoms with Gasteiger partial charge in [-0.3, -0.25) is 9.59 Å². The Balaban J connectivity index is 1.19. The highest BCUT2D eigenvalue weighted by molar-refractivity contribution is 6.33. The van der Waals surface area contributed by atoms with Crippen molar-refractivity contribution >= 4 is 29.2 Å². The minimum Gasteiger partial charge on any atom is -0.480 e. The summed E-state index contributed by atoms with van der Waals surface area (Å²) in [7, 11) is 1.46. The van der Waals surface area contributed by atoms with Crippen LogP contribution in [0.15, 0.2) is 6.07 Å². The van der Waals surface area contributed by atoms with Gasteiger partial charge in [0, 0.05) is 44.7 Å². The number of nitrogens with zero attached hydrogens (tertiary/aromatic N) is 3. The molecule has 3 fully saturated rings. The van der Waals surface area contributed by atoms with Crippen LogP contribution in [0.2, 0.25) is 5.02 Å². The summed E-state index contributed by atoms with van der Waals surface area (Å²) in [6, 6.07) is 1.62. The average Bonchev–Trinajstić information content (AvgIpc) is 3.16. The Morgan fingerprint density at radius 2 is 1.71 bits per heavy atom. The van der Waals surface area contributed by atoms with Crippen LogP contribution >= 0.6 is 11.6 Å². The first kappa shape index (κ1) is 26.0. The van der Waals surface area contributed by atoms with Crippen molar-refractivity contribution in [3.05, 3.63) is 16.7 Å². The number of anilines is 1. The molecule has 0 bridgehead atoms. The standard InChI is InChI=1S/C26H40ClN5O3/c1-35-25-21(16-22(27)23(28)30-25)24(33)29-20-10-12-31(13-11-20)17-18-8-14-32(15-9-18)26(34)19-6-4-2-3-5-7-19/h16,18-20H,2-15,17H2,1H3,(H2,28,30)(H,29,33). The Morgan fingerprint density at radius 3 is 2.34 bits per heavy atom. The normalized spacial score (nSPS) is 21.5.